The first kappa shape index (κ1) is 21.7. The van der Waals surface area contributed by atoms with E-state index in [0.29, 0.717) is 5.92 Å². The van der Waals surface area contributed by atoms with Crippen LogP contribution in [0.4, 0.5) is 0 Å². The Morgan fingerprint density at radius 1 is 0.750 bits per heavy atom. The van der Waals surface area contributed by atoms with Gasteiger partial charge in [-0.15, -0.1) is 0 Å². The van der Waals surface area contributed by atoms with Gasteiger partial charge in [-0.3, -0.25) is 4.98 Å². The lowest BCUT2D eigenvalue weighted by molar-refractivity contribution is 0.435. The van der Waals surface area contributed by atoms with Crippen LogP contribution >= 0.6 is 0 Å². The lowest BCUT2D eigenvalue weighted by Crippen LogP contribution is -2.09. The van der Waals surface area contributed by atoms with Gasteiger partial charge in [-0.25, -0.2) is 0 Å². The van der Waals surface area contributed by atoms with Crippen LogP contribution in [0.5, 0.6) is 0 Å². The number of fused-ring (bicyclic) bond motifs is 1. The average molecular weight is 426 g/mol. The molecule has 2 fully saturated rings. The summed E-state index contributed by atoms with van der Waals surface area (Å²) in [6.07, 6.45) is 17.0. The van der Waals surface area contributed by atoms with Crippen LogP contribution in [0.15, 0.2) is 48.7 Å². The van der Waals surface area contributed by atoms with Gasteiger partial charge in [0.25, 0.3) is 0 Å². The Morgan fingerprint density at radius 3 is 1.97 bits per heavy atom. The summed E-state index contributed by atoms with van der Waals surface area (Å²) in [6, 6.07) is 16.8. The van der Waals surface area contributed by atoms with Crippen LogP contribution < -0.4 is 0 Å². The summed E-state index contributed by atoms with van der Waals surface area (Å²) in [7, 11) is 0. The summed E-state index contributed by atoms with van der Waals surface area (Å²) in [5, 5.41) is 2.63. The minimum atomic E-state index is 0.680. The molecule has 0 saturated heterocycles. The number of nitrogens with zero attached hydrogens (tertiary/aromatic N) is 1. The van der Waals surface area contributed by atoms with Gasteiger partial charge in [0.05, 0.1) is 5.69 Å². The Kier molecular flexibility index (Phi) is 6.62. The molecule has 3 aromatic rings. The first-order chi connectivity index (χ1) is 15.7. The molecule has 2 saturated carbocycles. The molecular formula is C31H39N. The standard InChI is InChI=1S/C31H39N/c1-22(2)17-23-13-14-30-26(18-23)15-16-32-31(30)29-20-27(24-9-5-3-6-10-24)19-28(21-29)25-11-7-4-8-12-25/h13-16,18-22,24-25H,3-12,17H2,1-2H3. The van der Waals surface area contributed by atoms with E-state index in [1.54, 1.807) is 11.1 Å². The summed E-state index contributed by atoms with van der Waals surface area (Å²) in [5.41, 5.74) is 7.11. The van der Waals surface area contributed by atoms with Gasteiger partial charge in [-0.2, -0.15) is 0 Å². The predicted molar refractivity (Wildman–Crippen MR) is 137 cm³/mol. The first-order valence-corrected chi connectivity index (χ1v) is 13.2. The number of hydrogen-bond acceptors (Lipinski definition) is 1. The fourth-order valence-corrected chi connectivity index (χ4v) is 6.21. The molecular weight excluding hydrogens is 386 g/mol. The molecule has 1 aromatic heterocycles. The van der Waals surface area contributed by atoms with Crippen molar-refractivity contribution in [2.75, 3.05) is 0 Å². The maximum Gasteiger partial charge on any atom is 0.0780 e. The monoisotopic (exact) mass is 425 g/mol. The molecule has 0 unspecified atom stereocenters. The van der Waals surface area contributed by atoms with Gasteiger partial charge in [-0.1, -0.05) is 76.6 Å². The SMILES string of the molecule is CC(C)Cc1ccc2c(-c3cc(C4CCCCC4)cc(C4CCCCC4)c3)nccc2c1. The van der Waals surface area contributed by atoms with Crippen molar-refractivity contribution < 1.29 is 0 Å². The maximum absolute atomic E-state index is 4.94. The minimum absolute atomic E-state index is 0.680. The van der Waals surface area contributed by atoms with Crippen molar-refractivity contribution in [1.82, 2.24) is 4.98 Å². The highest BCUT2D eigenvalue weighted by molar-refractivity contribution is 5.95. The quantitative estimate of drug-likeness (QED) is 0.397. The molecule has 0 amide bonds. The Balaban J connectivity index is 1.59. The zero-order valence-electron chi connectivity index (χ0n) is 20.1. The third-order valence-electron chi connectivity index (χ3n) is 7.88. The van der Waals surface area contributed by atoms with Gasteiger partial charge < -0.3 is 0 Å². The molecule has 1 heterocycles. The van der Waals surface area contributed by atoms with Crippen LogP contribution in [0.1, 0.15) is 107 Å². The van der Waals surface area contributed by atoms with Crippen molar-refractivity contribution in [1.29, 1.82) is 0 Å². The molecule has 32 heavy (non-hydrogen) atoms. The van der Waals surface area contributed by atoms with Crippen LogP contribution in [-0.2, 0) is 6.42 Å². The van der Waals surface area contributed by atoms with Crippen LogP contribution in [-0.4, -0.2) is 4.98 Å². The number of aromatic nitrogens is 1. The van der Waals surface area contributed by atoms with Crippen molar-refractivity contribution in [3.05, 3.63) is 65.4 Å². The zero-order valence-corrected chi connectivity index (χ0v) is 20.1. The first-order valence-electron chi connectivity index (χ1n) is 13.2. The second kappa shape index (κ2) is 9.77. The lowest BCUT2D eigenvalue weighted by Gasteiger charge is -2.27. The van der Waals surface area contributed by atoms with Crippen molar-refractivity contribution in [2.24, 2.45) is 5.92 Å². The molecule has 1 nitrogen and oxygen atoms in total. The summed E-state index contributed by atoms with van der Waals surface area (Å²) in [5.74, 6) is 2.15. The Bertz CT molecular complexity index is 1010. The smallest absolute Gasteiger partial charge is 0.0780 e. The second-order valence-electron chi connectivity index (χ2n) is 10.9. The number of pyridine rings is 1. The van der Waals surface area contributed by atoms with Crippen molar-refractivity contribution in [2.45, 2.75) is 96.3 Å². The summed E-state index contributed by atoms with van der Waals surface area (Å²) < 4.78 is 0. The molecule has 5 rings (SSSR count). The van der Waals surface area contributed by atoms with E-state index in [1.165, 1.54) is 91.8 Å². The predicted octanol–water partition coefficient (Wildman–Crippen LogP) is 9.20. The van der Waals surface area contributed by atoms with Crippen LogP contribution in [0, 0.1) is 5.92 Å². The normalized spacial score (nSPS) is 18.5. The molecule has 1 heteroatoms. The molecule has 0 N–H and O–H groups in total. The second-order valence-corrected chi connectivity index (χ2v) is 10.9. The average Bonchev–Trinajstić information content (AvgIpc) is 2.84. The molecule has 0 atom stereocenters. The van der Waals surface area contributed by atoms with Gasteiger partial charge in [-0.05, 0) is 90.1 Å². The number of benzene rings is 2. The Labute approximate surface area is 194 Å². The summed E-state index contributed by atoms with van der Waals surface area (Å²) in [6.45, 7) is 4.59. The molecule has 2 aromatic carbocycles. The van der Waals surface area contributed by atoms with E-state index in [-0.39, 0.29) is 0 Å². The lowest BCUT2D eigenvalue weighted by atomic mass is 9.78. The minimum Gasteiger partial charge on any atom is -0.256 e. The van der Waals surface area contributed by atoms with Crippen molar-refractivity contribution >= 4 is 10.8 Å². The topological polar surface area (TPSA) is 12.9 Å². The zero-order chi connectivity index (χ0) is 21.9. The maximum atomic E-state index is 4.94. The molecule has 168 valence electrons. The highest BCUT2D eigenvalue weighted by atomic mass is 14.7. The third kappa shape index (κ3) is 4.77. The number of hydrogen-bond donors (Lipinski definition) is 0. The molecule has 0 bridgehead atoms. The third-order valence-corrected chi connectivity index (χ3v) is 7.88. The molecule has 2 aliphatic carbocycles. The highest BCUT2D eigenvalue weighted by Crippen LogP contribution is 2.40. The Morgan fingerprint density at radius 2 is 1.38 bits per heavy atom. The van der Waals surface area contributed by atoms with E-state index >= 15 is 0 Å². The number of rotatable bonds is 5. The van der Waals surface area contributed by atoms with E-state index in [0.717, 1.165) is 18.3 Å². The fraction of sp³-hybridized carbons (Fsp3) is 0.516. The highest BCUT2D eigenvalue weighted by Gasteiger charge is 2.22. The molecule has 0 aliphatic heterocycles. The van der Waals surface area contributed by atoms with Gasteiger partial charge in [0.1, 0.15) is 0 Å². The van der Waals surface area contributed by atoms with Crippen LogP contribution in [0.25, 0.3) is 22.0 Å². The largest absolute Gasteiger partial charge is 0.256 e. The van der Waals surface area contributed by atoms with Crippen LogP contribution in [0.2, 0.25) is 0 Å². The van der Waals surface area contributed by atoms with Gasteiger partial charge >= 0.3 is 0 Å². The van der Waals surface area contributed by atoms with Crippen molar-refractivity contribution in [3.63, 3.8) is 0 Å². The van der Waals surface area contributed by atoms with E-state index in [9.17, 15) is 0 Å². The fourth-order valence-electron chi connectivity index (χ4n) is 6.21. The van der Waals surface area contributed by atoms with E-state index in [2.05, 4.69) is 56.3 Å². The van der Waals surface area contributed by atoms with E-state index in [4.69, 9.17) is 4.98 Å². The van der Waals surface area contributed by atoms with Crippen LogP contribution in [0.3, 0.4) is 0 Å². The molecule has 2 aliphatic rings. The molecule has 0 spiro atoms. The van der Waals surface area contributed by atoms with Gasteiger partial charge in [0.15, 0.2) is 0 Å². The van der Waals surface area contributed by atoms with E-state index in [1.807, 2.05) is 6.20 Å². The van der Waals surface area contributed by atoms with Crippen molar-refractivity contribution in [3.8, 4) is 11.3 Å². The van der Waals surface area contributed by atoms with Gasteiger partial charge in [0, 0.05) is 17.1 Å². The van der Waals surface area contributed by atoms with Gasteiger partial charge in [0.2, 0.25) is 0 Å². The van der Waals surface area contributed by atoms with E-state index < -0.39 is 0 Å². The summed E-state index contributed by atoms with van der Waals surface area (Å²) >= 11 is 0. The summed E-state index contributed by atoms with van der Waals surface area (Å²) in [4.78, 5) is 4.94. The molecule has 0 radical (unpaired) electrons. The Hall–Kier alpha value is -2.15.